The van der Waals surface area contributed by atoms with E-state index in [1.165, 1.54) is 24.3 Å². The van der Waals surface area contributed by atoms with Gasteiger partial charge in [0.2, 0.25) is 5.88 Å². The number of hydrogen-bond acceptors (Lipinski definition) is 6. The summed E-state index contributed by atoms with van der Waals surface area (Å²) >= 11 is 0. The molecule has 8 nitrogen and oxygen atoms in total. The summed E-state index contributed by atoms with van der Waals surface area (Å²) in [6, 6.07) is 8.36. The lowest BCUT2D eigenvalue weighted by Gasteiger charge is -2.06. The second-order valence-electron chi connectivity index (χ2n) is 3.85. The number of carboxylic acids is 1. The SMILES string of the molecule is N#Cc1cc([N+](=O)[O-])cnc1Oc1cccc(C(=O)O)c1. The molecule has 0 aliphatic rings. The van der Waals surface area contributed by atoms with Gasteiger partial charge in [-0.15, -0.1) is 0 Å². The van der Waals surface area contributed by atoms with Gasteiger partial charge in [0, 0.05) is 6.07 Å². The lowest BCUT2D eigenvalue weighted by molar-refractivity contribution is -0.385. The summed E-state index contributed by atoms with van der Waals surface area (Å²) < 4.78 is 5.31. The zero-order valence-corrected chi connectivity index (χ0v) is 10.4. The third-order valence-electron chi connectivity index (χ3n) is 2.46. The third-order valence-corrected chi connectivity index (χ3v) is 2.46. The van der Waals surface area contributed by atoms with Gasteiger partial charge in [0.1, 0.15) is 23.6 Å². The van der Waals surface area contributed by atoms with Gasteiger partial charge in [-0.1, -0.05) is 6.07 Å². The van der Waals surface area contributed by atoms with E-state index in [4.69, 9.17) is 15.1 Å². The molecular weight excluding hydrogens is 278 g/mol. The molecule has 0 radical (unpaired) electrons. The average Bonchev–Trinajstić information content (AvgIpc) is 2.47. The molecule has 0 bridgehead atoms. The van der Waals surface area contributed by atoms with Crippen molar-refractivity contribution in [2.75, 3.05) is 0 Å². The maximum Gasteiger partial charge on any atom is 0.335 e. The second-order valence-corrected chi connectivity index (χ2v) is 3.85. The molecule has 0 unspecified atom stereocenters. The van der Waals surface area contributed by atoms with Crippen molar-refractivity contribution in [2.24, 2.45) is 0 Å². The van der Waals surface area contributed by atoms with Crippen molar-refractivity contribution in [3.8, 4) is 17.7 Å². The number of nitro groups is 1. The van der Waals surface area contributed by atoms with E-state index in [-0.39, 0.29) is 28.4 Å². The highest BCUT2D eigenvalue weighted by Crippen LogP contribution is 2.26. The van der Waals surface area contributed by atoms with Crippen molar-refractivity contribution in [2.45, 2.75) is 0 Å². The number of rotatable bonds is 4. The number of carboxylic acid groups (broad SMARTS) is 1. The van der Waals surface area contributed by atoms with Gasteiger partial charge < -0.3 is 9.84 Å². The van der Waals surface area contributed by atoms with Crippen LogP contribution in [0.25, 0.3) is 0 Å². The molecule has 8 heteroatoms. The van der Waals surface area contributed by atoms with Crippen LogP contribution in [0.3, 0.4) is 0 Å². The third kappa shape index (κ3) is 3.10. The topological polar surface area (TPSA) is 126 Å². The molecule has 0 saturated heterocycles. The zero-order valence-electron chi connectivity index (χ0n) is 10.4. The van der Waals surface area contributed by atoms with Crippen molar-refractivity contribution in [1.82, 2.24) is 4.98 Å². The largest absolute Gasteiger partial charge is 0.478 e. The fraction of sp³-hybridized carbons (Fsp3) is 0. The van der Waals surface area contributed by atoms with Crippen LogP contribution in [0.4, 0.5) is 5.69 Å². The van der Waals surface area contributed by atoms with Crippen LogP contribution in [-0.2, 0) is 0 Å². The predicted octanol–water partition coefficient (Wildman–Crippen LogP) is 2.35. The van der Waals surface area contributed by atoms with Gasteiger partial charge in [0.25, 0.3) is 5.69 Å². The van der Waals surface area contributed by atoms with E-state index < -0.39 is 10.9 Å². The summed E-state index contributed by atoms with van der Waals surface area (Å²) in [4.78, 5) is 24.5. The molecule has 0 aliphatic heterocycles. The first-order valence-corrected chi connectivity index (χ1v) is 5.57. The molecule has 1 N–H and O–H groups in total. The van der Waals surface area contributed by atoms with Gasteiger partial charge in [-0.05, 0) is 18.2 Å². The molecule has 0 spiro atoms. The molecular formula is C13H7N3O5. The Bertz CT molecular complexity index is 767. The minimum Gasteiger partial charge on any atom is -0.478 e. The summed E-state index contributed by atoms with van der Waals surface area (Å²) in [6.45, 7) is 0. The normalized spacial score (nSPS) is 9.67. The van der Waals surface area contributed by atoms with Crippen LogP contribution < -0.4 is 4.74 Å². The first-order chi connectivity index (χ1) is 10.0. The molecule has 1 aromatic heterocycles. The van der Waals surface area contributed by atoms with Crippen LogP contribution in [0.15, 0.2) is 36.5 Å². The molecule has 21 heavy (non-hydrogen) atoms. The van der Waals surface area contributed by atoms with Crippen molar-refractivity contribution in [1.29, 1.82) is 5.26 Å². The van der Waals surface area contributed by atoms with Crippen molar-refractivity contribution < 1.29 is 19.6 Å². The molecule has 104 valence electrons. The summed E-state index contributed by atoms with van der Waals surface area (Å²) in [7, 11) is 0. The highest BCUT2D eigenvalue weighted by Gasteiger charge is 2.14. The summed E-state index contributed by atoms with van der Waals surface area (Å²) in [5.74, 6) is -1.10. The molecule has 0 aliphatic carbocycles. The maximum atomic E-state index is 10.8. The maximum absolute atomic E-state index is 10.8. The number of nitrogens with zero attached hydrogens (tertiary/aromatic N) is 3. The molecule has 0 saturated carbocycles. The lowest BCUT2D eigenvalue weighted by Crippen LogP contribution is -1.98. The standard InChI is InChI=1S/C13H7N3O5/c14-6-9-4-10(16(19)20)7-15-12(9)21-11-3-1-2-8(5-11)13(17)18/h1-5,7H,(H,17,18). The monoisotopic (exact) mass is 285 g/mol. The number of pyridine rings is 1. The predicted molar refractivity (Wildman–Crippen MR) is 69.1 cm³/mol. The zero-order chi connectivity index (χ0) is 15.4. The Morgan fingerprint density at radius 3 is 2.81 bits per heavy atom. The minimum absolute atomic E-state index is 0.00733. The number of aromatic nitrogens is 1. The first-order valence-electron chi connectivity index (χ1n) is 5.57. The van der Waals surface area contributed by atoms with Gasteiger partial charge in [0.05, 0.1) is 10.5 Å². The molecule has 0 fully saturated rings. The van der Waals surface area contributed by atoms with Gasteiger partial charge >= 0.3 is 5.97 Å². The first kappa shape index (κ1) is 14.0. The van der Waals surface area contributed by atoms with E-state index in [1.807, 2.05) is 0 Å². The number of benzene rings is 1. The number of carbonyl (C=O) groups is 1. The second kappa shape index (κ2) is 5.66. The lowest BCUT2D eigenvalue weighted by atomic mass is 10.2. The van der Waals surface area contributed by atoms with Crippen molar-refractivity contribution >= 4 is 11.7 Å². The van der Waals surface area contributed by atoms with E-state index in [0.29, 0.717) is 0 Å². The van der Waals surface area contributed by atoms with Gasteiger partial charge in [-0.25, -0.2) is 9.78 Å². The van der Waals surface area contributed by atoms with Gasteiger partial charge in [-0.3, -0.25) is 10.1 Å². The van der Waals surface area contributed by atoms with Crippen LogP contribution in [0.1, 0.15) is 15.9 Å². The van der Waals surface area contributed by atoms with Crippen LogP contribution in [0, 0.1) is 21.4 Å². The highest BCUT2D eigenvalue weighted by molar-refractivity contribution is 5.88. The van der Waals surface area contributed by atoms with Crippen LogP contribution in [0.2, 0.25) is 0 Å². The highest BCUT2D eigenvalue weighted by atomic mass is 16.6. The van der Waals surface area contributed by atoms with Crippen molar-refractivity contribution in [3.63, 3.8) is 0 Å². The minimum atomic E-state index is -1.13. The number of aromatic carboxylic acids is 1. The quantitative estimate of drug-likeness (QED) is 0.674. The number of hydrogen-bond donors (Lipinski definition) is 1. The fourth-order valence-corrected chi connectivity index (χ4v) is 1.51. The van der Waals surface area contributed by atoms with Gasteiger partial charge in [0.15, 0.2) is 0 Å². The Morgan fingerprint density at radius 1 is 1.43 bits per heavy atom. The van der Waals surface area contributed by atoms with Gasteiger partial charge in [-0.2, -0.15) is 5.26 Å². The Hall–Kier alpha value is -3.47. The molecule has 1 heterocycles. The summed E-state index contributed by atoms with van der Waals surface area (Å²) in [5.41, 5.74) is -0.448. The van der Waals surface area contributed by atoms with E-state index in [0.717, 1.165) is 12.3 Å². The van der Waals surface area contributed by atoms with Crippen molar-refractivity contribution in [3.05, 3.63) is 57.8 Å². The molecule has 1 aromatic carbocycles. The average molecular weight is 285 g/mol. The number of ether oxygens (including phenoxy) is 1. The van der Waals surface area contributed by atoms with Crippen LogP contribution in [-0.4, -0.2) is 21.0 Å². The Balaban J connectivity index is 2.36. The van der Waals surface area contributed by atoms with E-state index in [1.54, 1.807) is 6.07 Å². The summed E-state index contributed by atoms with van der Waals surface area (Å²) in [6.07, 6.45) is 0.956. The number of nitriles is 1. The Kier molecular flexibility index (Phi) is 3.76. The van der Waals surface area contributed by atoms with E-state index >= 15 is 0 Å². The molecule has 2 rings (SSSR count). The smallest absolute Gasteiger partial charge is 0.335 e. The van der Waals surface area contributed by atoms with E-state index in [2.05, 4.69) is 4.98 Å². The van der Waals surface area contributed by atoms with E-state index in [9.17, 15) is 14.9 Å². The van der Waals surface area contributed by atoms with Crippen LogP contribution >= 0.6 is 0 Å². The van der Waals surface area contributed by atoms with Crippen LogP contribution in [0.5, 0.6) is 11.6 Å². The summed E-state index contributed by atoms with van der Waals surface area (Å²) in [5, 5.41) is 28.4. The molecule has 0 atom stereocenters. The molecule has 2 aromatic rings. The molecule has 0 amide bonds. The fourth-order valence-electron chi connectivity index (χ4n) is 1.51. The Labute approximate surface area is 118 Å². The Morgan fingerprint density at radius 2 is 2.19 bits per heavy atom.